The molecule has 0 aromatic carbocycles. The summed E-state index contributed by atoms with van der Waals surface area (Å²) in [5, 5.41) is 15.7. The fourth-order valence-electron chi connectivity index (χ4n) is 2.58. The number of hydrogen-bond acceptors (Lipinski definition) is 3. The average Bonchev–Trinajstić information content (AvgIpc) is 2.85. The first kappa shape index (κ1) is 15.3. The molecule has 4 N–H and O–H groups in total. The molecular weight excluding hydrogens is 270 g/mol. The number of aliphatic imine (C=N–C) groups is 1. The van der Waals surface area contributed by atoms with Gasteiger partial charge >= 0.3 is 0 Å². The quantitative estimate of drug-likeness (QED) is 0.454. The van der Waals surface area contributed by atoms with Crippen LogP contribution < -0.4 is 11.1 Å². The molecule has 1 aliphatic carbocycles. The molecule has 0 saturated heterocycles. The molecule has 0 spiro atoms. The van der Waals surface area contributed by atoms with Crippen LogP contribution in [-0.4, -0.2) is 23.7 Å². The van der Waals surface area contributed by atoms with E-state index in [1.807, 2.05) is 17.5 Å². The molecule has 1 unspecified atom stereocenters. The Morgan fingerprint density at radius 3 is 2.75 bits per heavy atom. The van der Waals surface area contributed by atoms with Crippen molar-refractivity contribution in [2.24, 2.45) is 10.7 Å². The predicted molar refractivity (Wildman–Crippen MR) is 85.0 cm³/mol. The van der Waals surface area contributed by atoms with E-state index in [0.29, 0.717) is 18.5 Å². The molecule has 1 heterocycles. The zero-order chi connectivity index (χ0) is 14.4. The van der Waals surface area contributed by atoms with Gasteiger partial charge in [0.25, 0.3) is 0 Å². The Kier molecular flexibility index (Phi) is 5.43. The largest absolute Gasteiger partial charge is 0.383 e. The minimum atomic E-state index is -0.941. The third-order valence-corrected chi connectivity index (χ3v) is 4.94. The third kappa shape index (κ3) is 4.49. The minimum absolute atomic E-state index is 0.291. The van der Waals surface area contributed by atoms with Gasteiger partial charge in [-0.1, -0.05) is 31.7 Å². The summed E-state index contributed by atoms with van der Waals surface area (Å²) < 4.78 is 0. The van der Waals surface area contributed by atoms with Crippen molar-refractivity contribution in [3.63, 3.8) is 0 Å². The standard InChI is InChI=1S/C15H25N3OS/c1-15(19,13-9-6-10-20-13)11-17-14(16)18-12-7-4-2-3-5-8-12/h6,9-10,12,19H,2-5,7-8,11H2,1H3,(H3,16,17,18). The maximum absolute atomic E-state index is 10.4. The van der Waals surface area contributed by atoms with Crippen LogP contribution in [0.3, 0.4) is 0 Å². The van der Waals surface area contributed by atoms with Gasteiger partial charge in [0.2, 0.25) is 0 Å². The molecule has 0 aliphatic heterocycles. The van der Waals surface area contributed by atoms with E-state index in [4.69, 9.17) is 5.73 Å². The van der Waals surface area contributed by atoms with Crippen LogP contribution in [0.5, 0.6) is 0 Å². The highest BCUT2D eigenvalue weighted by Gasteiger charge is 2.24. The second-order valence-electron chi connectivity index (χ2n) is 5.79. The van der Waals surface area contributed by atoms with Gasteiger partial charge in [-0.15, -0.1) is 11.3 Å². The van der Waals surface area contributed by atoms with Crippen molar-refractivity contribution in [3.8, 4) is 0 Å². The SMILES string of the molecule is CC(O)(CN=C(N)NC1CCCCCC1)c1cccs1. The van der Waals surface area contributed by atoms with Crippen molar-refractivity contribution in [2.75, 3.05) is 6.54 Å². The highest BCUT2D eigenvalue weighted by Crippen LogP contribution is 2.25. The molecule has 0 bridgehead atoms. The van der Waals surface area contributed by atoms with Crippen molar-refractivity contribution in [2.45, 2.75) is 57.1 Å². The number of hydrogen-bond donors (Lipinski definition) is 3. The first-order valence-corrected chi connectivity index (χ1v) is 8.29. The summed E-state index contributed by atoms with van der Waals surface area (Å²) >= 11 is 1.54. The molecule has 4 nitrogen and oxygen atoms in total. The number of nitrogens with zero attached hydrogens (tertiary/aromatic N) is 1. The molecule has 2 rings (SSSR count). The van der Waals surface area contributed by atoms with Gasteiger partial charge in [-0.05, 0) is 31.2 Å². The fourth-order valence-corrected chi connectivity index (χ4v) is 3.36. The molecular formula is C15H25N3OS. The normalized spacial score (nSPS) is 21.2. The van der Waals surface area contributed by atoms with Gasteiger partial charge in [-0.25, -0.2) is 0 Å². The van der Waals surface area contributed by atoms with E-state index in [2.05, 4.69) is 10.3 Å². The summed E-state index contributed by atoms with van der Waals surface area (Å²) in [6, 6.07) is 4.30. The summed E-state index contributed by atoms with van der Waals surface area (Å²) in [7, 11) is 0. The molecule has 1 aromatic rings. The zero-order valence-electron chi connectivity index (χ0n) is 12.1. The fraction of sp³-hybridized carbons (Fsp3) is 0.667. The van der Waals surface area contributed by atoms with Crippen molar-refractivity contribution in [1.82, 2.24) is 5.32 Å². The van der Waals surface area contributed by atoms with E-state index in [-0.39, 0.29) is 0 Å². The van der Waals surface area contributed by atoms with Gasteiger partial charge in [0.15, 0.2) is 5.96 Å². The van der Waals surface area contributed by atoms with Gasteiger partial charge < -0.3 is 16.2 Å². The molecule has 1 fully saturated rings. The molecule has 1 saturated carbocycles. The Labute approximate surface area is 125 Å². The Morgan fingerprint density at radius 2 is 2.15 bits per heavy atom. The molecule has 0 amide bonds. The topological polar surface area (TPSA) is 70.6 Å². The summed E-state index contributed by atoms with van der Waals surface area (Å²) in [6.45, 7) is 2.07. The maximum atomic E-state index is 10.4. The Balaban J connectivity index is 1.86. The average molecular weight is 295 g/mol. The van der Waals surface area contributed by atoms with Crippen LogP contribution in [0.4, 0.5) is 0 Å². The second-order valence-corrected chi connectivity index (χ2v) is 6.73. The lowest BCUT2D eigenvalue weighted by molar-refractivity contribution is 0.0711. The van der Waals surface area contributed by atoms with Crippen molar-refractivity contribution < 1.29 is 5.11 Å². The summed E-state index contributed by atoms with van der Waals surface area (Å²) in [5.41, 5.74) is 5.01. The van der Waals surface area contributed by atoms with Crippen LogP contribution in [0.1, 0.15) is 50.3 Å². The Morgan fingerprint density at radius 1 is 1.45 bits per heavy atom. The van der Waals surface area contributed by atoms with Crippen molar-refractivity contribution >= 4 is 17.3 Å². The summed E-state index contributed by atoms with van der Waals surface area (Å²) in [6.07, 6.45) is 7.50. The number of rotatable bonds is 4. The zero-order valence-corrected chi connectivity index (χ0v) is 13.0. The van der Waals surface area contributed by atoms with Gasteiger partial charge in [-0.2, -0.15) is 0 Å². The van der Waals surface area contributed by atoms with Gasteiger partial charge in [0, 0.05) is 10.9 Å². The lowest BCUT2D eigenvalue weighted by Gasteiger charge is -2.21. The monoisotopic (exact) mass is 295 g/mol. The van der Waals surface area contributed by atoms with E-state index < -0.39 is 5.60 Å². The van der Waals surface area contributed by atoms with E-state index in [1.165, 1.54) is 37.0 Å². The smallest absolute Gasteiger partial charge is 0.188 e. The number of nitrogens with two attached hydrogens (primary N) is 1. The molecule has 5 heteroatoms. The number of thiophene rings is 1. The molecule has 1 atom stereocenters. The van der Waals surface area contributed by atoms with E-state index >= 15 is 0 Å². The van der Waals surface area contributed by atoms with Gasteiger partial charge in [0.1, 0.15) is 5.60 Å². The second kappa shape index (κ2) is 7.09. The number of guanidine groups is 1. The minimum Gasteiger partial charge on any atom is -0.383 e. The summed E-state index contributed by atoms with van der Waals surface area (Å²) in [5.74, 6) is 0.453. The van der Waals surface area contributed by atoms with Gasteiger partial charge in [0.05, 0.1) is 6.54 Å². The van der Waals surface area contributed by atoms with Crippen LogP contribution >= 0.6 is 11.3 Å². The highest BCUT2D eigenvalue weighted by atomic mass is 32.1. The maximum Gasteiger partial charge on any atom is 0.188 e. The lowest BCUT2D eigenvalue weighted by atomic mass is 10.1. The Bertz CT molecular complexity index is 420. The third-order valence-electron chi connectivity index (χ3n) is 3.82. The number of aliphatic hydroxyl groups is 1. The van der Waals surface area contributed by atoms with Crippen LogP contribution in [0, 0.1) is 0 Å². The molecule has 1 aromatic heterocycles. The van der Waals surface area contributed by atoms with Crippen LogP contribution in [0.25, 0.3) is 0 Å². The Hall–Kier alpha value is -1.07. The predicted octanol–water partition coefficient (Wildman–Crippen LogP) is 2.58. The van der Waals surface area contributed by atoms with Crippen LogP contribution in [-0.2, 0) is 5.60 Å². The lowest BCUT2D eigenvalue weighted by Crippen LogP contribution is -2.40. The number of nitrogens with one attached hydrogen (secondary N) is 1. The van der Waals surface area contributed by atoms with Crippen LogP contribution in [0.2, 0.25) is 0 Å². The molecule has 1 aliphatic rings. The van der Waals surface area contributed by atoms with Crippen molar-refractivity contribution in [3.05, 3.63) is 22.4 Å². The van der Waals surface area contributed by atoms with E-state index in [9.17, 15) is 5.11 Å². The van der Waals surface area contributed by atoms with E-state index in [0.717, 1.165) is 17.7 Å². The molecule has 0 radical (unpaired) electrons. The molecule has 20 heavy (non-hydrogen) atoms. The van der Waals surface area contributed by atoms with Crippen LogP contribution in [0.15, 0.2) is 22.5 Å². The van der Waals surface area contributed by atoms with E-state index in [1.54, 1.807) is 6.92 Å². The van der Waals surface area contributed by atoms with Crippen molar-refractivity contribution in [1.29, 1.82) is 0 Å². The highest BCUT2D eigenvalue weighted by molar-refractivity contribution is 7.10. The summed E-state index contributed by atoms with van der Waals surface area (Å²) in [4.78, 5) is 5.24. The first-order chi connectivity index (χ1) is 9.58. The van der Waals surface area contributed by atoms with Gasteiger partial charge in [-0.3, -0.25) is 4.99 Å². The molecule has 112 valence electrons. The first-order valence-electron chi connectivity index (χ1n) is 7.41.